The van der Waals surface area contributed by atoms with Gasteiger partial charge in [-0.2, -0.15) is 0 Å². The third-order valence-corrected chi connectivity index (χ3v) is 13.7. The van der Waals surface area contributed by atoms with E-state index in [1.165, 1.54) is 4.57 Å². The number of aromatic hydroxyl groups is 1. The number of nitrogens with one attached hydrogen (secondary N) is 3. The molecule has 6 heterocycles. The molecule has 8 bridgehead atoms. The molecule has 0 aliphatic carbocycles. The van der Waals surface area contributed by atoms with Crippen molar-refractivity contribution in [3.05, 3.63) is 88.4 Å². The minimum atomic E-state index is -1.57. The lowest BCUT2D eigenvalue weighted by Gasteiger charge is -2.28. The monoisotopic (exact) mass is 1040 g/mol. The topological polar surface area (TPSA) is 321 Å². The summed E-state index contributed by atoms with van der Waals surface area (Å²) in [6, 6.07) is 0. The summed E-state index contributed by atoms with van der Waals surface area (Å²) in [5.74, 6) is -9.99. The summed E-state index contributed by atoms with van der Waals surface area (Å²) < 4.78 is 7.69. The van der Waals surface area contributed by atoms with Gasteiger partial charge in [0.2, 0.25) is 23.6 Å². The van der Waals surface area contributed by atoms with Gasteiger partial charge in [-0.3, -0.25) is 42.9 Å². The first-order valence-electron chi connectivity index (χ1n) is 25.0. The van der Waals surface area contributed by atoms with E-state index in [0.717, 1.165) is 51.5 Å². The molecule has 0 saturated heterocycles. The van der Waals surface area contributed by atoms with Crippen LogP contribution in [0.25, 0.3) is 29.1 Å². The highest BCUT2D eigenvalue weighted by molar-refractivity contribution is 6.23. The summed E-state index contributed by atoms with van der Waals surface area (Å²) >= 11 is 0. The van der Waals surface area contributed by atoms with Crippen LogP contribution in [0.3, 0.4) is 0 Å². The Morgan fingerprint density at radius 3 is 1.77 bits per heavy atom. The molecule has 8 N–H and O–H groups in total. The van der Waals surface area contributed by atoms with E-state index in [2.05, 4.69) is 41.8 Å². The van der Waals surface area contributed by atoms with E-state index in [9.17, 15) is 63.9 Å². The molecule has 402 valence electrons. The number of aliphatic imine (C=N–C) groups is 1. The number of rotatable bonds is 24. The van der Waals surface area contributed by atoms with Crippen molar-refractivity contribution in [2.24, 2.45) is 4.99 Å². The minimum Gasteiger partial charge on any atom is -0.494 e. The summed E-state index contributed by atoms with van der Waals surface area (Å²) in [7, 11) is 0. The number of aromatic amines is 3. The Balaban J connectivity index is 1.59. The van der Waals surface area contributed by atoms with Crippen LogP contribution >= 0.6 is 0 Å². The van der Waals surface area contributed by atoms with Crippen molar-refractivity contribution in [3.63, 3.8) is 0 Å². The molecule has 0 aromatic carbocycles. The van der Waals surface area contributed by atoms with Gasteiger partial charge in [0.25, 0.3) is 5.56 Å². The van der Waals surface area contributed by atoms with Gasteiger partial charge in [0, 0.05) is 52.9 Å². The minimum absolute atomic E-state index is 0.152. The Morgan fingerprint density at radius 2 is 1.23 bits per heavy atom. The van der Waals surface area contributed by atoms with Crippen molar-refractivity contribution >= 4 is 76.4 Å². The lowest BCUT2D eigenvalue weighted by atomic mass is 9.94. The number of hydrogen-bond donors (Lipinski definition) is 8. The number of pyridine rings is 1. The lowest BCUT2D eigenvalue weighted by molar-refractivity contribution is -0.153. The Morgan fingerprint density at radius 1 is 0.680 bits per heavy atom. The number of aromatic nitrogens is 4. The zero-order chi connectivity index (χ0) is 55.2. The van der Waals surface area contributed by atoms with Crippen LogP contribution < -0.4 is 16.3 Å². The summed E-state index contributed by atoms with van der Waals surface area (Å²) in [6.07, 6.45) is 8.50. The molecule has 4 aromatic rings. The average molecular weight is 1040 g/mol. The Bertz CT molecular complexity index is 3170. The number of unbranched alkanes of at least 4 members (excludes halogenated alkanes) is 2. The van der Waals surface area contributed by atoms with E-state index in [0.29, 0.717) is 79.7 Å². The molecule has 3 amide bonds. The number of hydrogen-bond acceptors (Lipinski definition) is 11. The molecule has 22 heteroatoms. The number of carbonyl (C=O) groups is 7. The molecule has 6 rings (SSSR count). The van der Waals surface area contributed by atoms with Gasteiger partial charge in [-0.1, -0.05) is 33.6 Å². The van der Waals surface area contributed by atoms with E-state index in [1.807, 2.05) is 39.8 Å². The predicted octanol–water partition coefficient (Wildman–Crippen LogP) is 3.59. The summed E-state index contributed by atoms with van der Waals surface area (Å²) in [5.41, 5.74) is 8.09. The van der Waals surface area contributed by atoms with Crippen molar-refractivity contribution in [1.29, 1.82) is 0 Å². The second kappa shape index (κ2) is 23.9. The third-order valence-electron chi connectivity index (χ3n) is 13.7. The highest BCUT2D eigenvalue weighted by atomic mass is 16.5. The van der Waals surface area contributed by atoms with Gasteiger partial charge in [0.05, 0.1) is 34.0 Å². The highest BCUT2D eigenvalue weighted by Gasteiger charge is 2.34. The van der Waals surface area contributed by atoms with E-state index in [1.54, 1.807) is 6.92 Å². The number of carboxylic acids is 4. The number of nitrogens with zero attached hydrogens (tertiary/aromatic N) is 5. The number of amides is 3. The van der Waals surface area contributed by atoms with E-state index < -0.39 is 98.7 Å². The number of carbonyl (C=O) groups excluding carboxylic acids is 3. The number of carboxylic acid groups (broad SMARTS) is 4. The Hall–Kier alpha value is -8.01. The third kappa shape index (κ3) is 12.3. The first-order chi connectivity index (χ1) is 35.5. The quantitative estimate of drug-likeness (QED) is 0.0466. The standard InChI is InChI=1S/C53H66N8O14/c1-9-12-16-61-52(73)48-30(7)37-19-38-32(11-3)27(4)34(54-38)20-39-47(31(8)75-17-13-10-2)29(6)36(55-39)18-35-28(5)33(50(56-35)49(53(61)74)51(48)57-37)14-15-40(62)58(21-41(63)59(23-43(65)66)24-44(67)68)22-42(64)60(25-45(69)70)26-46(71)72/h18-20,31,54-55,57,74H,9-17,21-26H2,1-8H3,(H,65,66)(H,67,68)(H,69,70)(H,71,72). The molecule has 1 unspecified atom stereocenters. The van der Waals surface area contributed by atoms with Crippen molar-refractivity contribution in [2.75, 3.05) is 45.9 Å². The van der Waals surface area contributed by atoms with Gasteiger partial charge in [-0.25, -0.2) is 4.99 Å². The van der Waals surface area contributed by atoms with Crippen LogP contribution in [0.1, 0.15) is 130 Å². The van der Waals surface area contributed by atoms with Gasteiger partial charge in [-0.05, 0) is 112 Å². The van der Waals surface area contributed by atoms with E-state index in [-0.39, 0.29) is 35.9 Å². The number of fused-ring (bicyclic) bond motifs is 7. The highest BCUT2D eigenvalue weighted by Crippen LogP contribution is 2.39. The molecular formula is C53H66N8O14. The van der Waals surface area contributed by atoms with Crippen molar-refractivity contribution in [2.45, 2.75) is 113 Å². The van der Waals surface area contributed by atoms with Gasteiger partial charge in [0.15, 0.2) is 0 Å². The number of aryl methyl sites for hydroxylation is 1. The maximum absolute atomic E-state index is 14.6. The second-order valence-electron chi connectivity index (χ2n) is 18.9. The van der Waals surface area contributed by atoms with E-state index in [4.69, 9.17) is 9.73 Å². The SMILES string of the molecule is CCCCOC(C)c1c2[nH]c(c1C)C=C1N=C(C(CCC(=O)N(CC(=O)N(CC(=O)O)CC(=O)O)CC(=O)N(CC(=O)O)CC(=O)O)=C1C)c1c(O)n(CCCC)c(=O)c3c(C)c([nH]c13)C=c1[nH]c(c(C)c1CC)=C2. The molecule has 0 saturated carbocycles. The van der Waals surface area contributed by atoms with Crippen LogP contribution in [0.2, 0.25) is 0 Å². The molecule has 0 radical (unpaired) electrons. The smallest absolute Gasteiger partial charge is 0.323 e. The van der Waals surface area contributed by atoms with Crippen molar-refractivity contribution < 1.29 is 63.8 Å². The molecule has 2 aliphatic heterocycles. The van der Waals surface area contributed by atoms with Gasteiger partial charge < -0.3 is 59.9 Å². The molecular weight excluding hydrogens is 973 g/mol. The van der Waals surface area contributed by atoms with Gasteiger partial charge in [0.1, 0.15) is 39.3 Å². The zero-order valence-electron chi connectivity index (χ0n) is 43.6. The van der Waals surface area contributed by atoms with Crippen LogP contribution in [-0.4, -0.2) is 153 Å². The molecule has 1 atom stereocenters. The fourth-order valence-electron chi connectivity index (χ4n) is 9.71. The summed E-state index contributed by atoms with van der Waals surface area (Å²) in [5, 5.41) is 52.3. The molecule has 2 aliphatic rings. The van der Waals surface area contributed by atoms with Crippen LogP contribution in [0, 0.1) is 20.8 Å². The van der Waals surface area contributed by atoms with Gasteiger partial charge in [-0.15, -0.1) is 0 Å². The van der Waals surface area contributed by atoms with Crippen LogP contribution in [0.4, 0.5) is 0 Å². The first kappa shape index (κ1) is 56.3. The summed E-state index contributed by atoms with van der Waals surface area (Å²) in [4.78, 5) is 121. The normalized spacial score (nSPS) is 13.3. The predicted molar refractivity (Wildman–Crippen MR) is 277 cm³/mol. The second-order valence-corrected chi connectivity index (χ2v) is 18.9. The number of aliphatic carboxylic acids is 4. The van der Waals surface area contributed by atoms with E-state index >= 15 is 0 Å². The van der Waals surface area contributed by atoms with Crippen molar-refractivity contribution in [1.82, 2.24) is 34.2 Å². The first-order valence-corrected chi connectivity index (χ1v) is 25.0. The van der Waals surface area contributed by atoms with Crippen LogP contribution in [0.15, 0.2) is 26.6 Å². The largest absolute Gasteiger partial charge is 0.494 e. The van der Waals surface area contributed by atoms with Crippen molar-refractivity contribution in [3.8, 4) is 5.88 Å². The lowest BCUT2D eigenvalue weighted by Crippen LogP contribution is -2.50. The molecule has 4 aromatic heterocycles. The Labute approximate surface area is 431 Å². The Kier molecular flexibility index (Phi) is 17.9. The van der Waals surface area contributed by atoms with Crippen LogP contribution in [0.5, 0.6) is 5.88 Å². The maximum atomic E-state index is 14.6. The molecule has 0 spiro atoms. The number of allylic oxidation sites excluding steroid dienone is 2. The average Bonchev–Trinajstić information content (AvgIpc) is 4.02. The fourth-order valence-corrected chi connectivity index (χ4v) is 9.71. The molecule has 75 heavy (non-hydrogen) atoms. The zero-order valence-corrected chi connectivity index (χ0v) is 43.6. The number of ether oxygens (including phenoxy) is 1. The molecule has 0 fully saturated rings. The molecule has 22 nitrogen and oxygen atoms in total. The summed E-state index contributed by atoms with van der Waals surface area (Å²) in [6.45, 7) is 9.96. The number of H-pyrrole nitrogens is 3. The maximum Gasteiger partial charge on any atom is 0.323 e. The van der Waals surface area contributed by atoms with Gasteiger partial charge >= 0.3 is 23.9 Å². The fraction of sp³-hybridized carbons (Fsp3) is 0.453. The van der Waals surface area contributed by atoms with Crippen LogP contribution in [-0.2, 0) is 51.3 Å².